The van der Waals surface area contributed by atoms with Crippen LogP contribution in [-0.2, 0) is 27.1 Å². The molecule has 1 unspecified atom stereocenters. The second-order valence-electron chi connectivity index (χ2n) is 7.28. The third-order valence-corrected chi connectivity index (χ3v) is 8.56. The van der Waals surface area contributed by atoms with Crippen LogP contribution in [0.25, 0.3) is 0 Å². The number of hydrogen-bond donors (Lipinski definition) is 1. The van der Waals surface area contributed by atoms with Crippen LogP contribution in [0, 0.1) is 0 Å². The molecule has 0 bridgehead atoms. The van der Waals surface area contributed by atoms with E-state index in [9.17, 15) is 8.42 Å². The molecule has 2 saturated heterocycles. The maximum Gasteiger partial charge on any atom is 0.218 e. The van der Waals surface area contributed by atoms with Crippen LogP contribution in [0.5, 0.6) is 0 Å². The van der Waals surface area contributed by atoms with Crippen LogP contribution in [0.2, 0.25) is 0 Å². The van der Waals surface area contributed by atoms with E-state index in [4.69, 9.17) is 4.74 Å². The molecule has 29 heavy (non-hydrogen) atoms. The molecule has 2 aliphatic rings. The van der Waals surface area contributed by atoms with Gasteiger partial charge in [-0.15, -0.1) is 0 Å². The second-order valence-corrected chi connectivity index (χ2v) is 10.7. The van der Waals surface area contributed by atoms with Gasteiger partial charge < -0.3 is 15.0 Å². The summed E-state index contributed by atoms with van der Waals surface area (Å²) in [7, 11) is -1.55. The van der Waals surface area contributed by atoms with Crippen molar-refractivity contribution in [2.24, 2.45) is 4.99 Å². The molecule has 162 valence electrons. The fourth-order valence-corrected chi connectivity index (χ4v) is 6.39. The number of morpholine rings is 1. The van der Waals surface area contributed by atoms with Gasteiger partial charge in [-0.2, -0.15) is 16.1 Å². The topological polar surface area (TPSA) is 74.2 Å². The molecule has 1 atom stereocenters. The Labute approximate surface area is 178 Å². The zero-order valence-electron chi connectivity index (χ0n) is 17.3. The number of aliphatic imine (C=N–C) groups is 1. The number of guanidine groups is 1. The maximum absolute atomic E-state index is 12.8. The summed E-state index contributed by atoms with van der Waals surface area (Å²) in [4.78, 5) is 6.76. The molecule has 9 heteroatoms. The smallest absolute Gasteiger partial charge is 0.218 e. The van der Waals surface area contributed by atoms with Crippen molar-refractivity contribution in [3.8, 4) is 0 Å². The van der Waals surface area contributed by atoms with E-state index < -0.39 is 10.0 Å². The summed E-state index contributed by atoms with van der Waals surface area (Å²) in [6.45, 7) is 6.55. The number of benzene rings is 1. The molecule has 2 heterocycles. The Balaban J connectivity index is 1.65. The van der Waals surface area contributed by atoms with E-state index in [-0.39, 0.29) is 5.75 Å². The first-order chi connectivity index (χ1) is 14.0. The minimum Gasteiger partial charge on any atom is -0.379 e. The van der Waals surface area contributed by atoms with E-state index in [1.54, 1.807) is 7.05 Å². The lowest BCUT2D eigenvalue weighted by molar-refractivity contribution is 0.0729. The summed E-state index contributed by atoms with van der Waals surface area (Å²) in [6, 6.07) is 7.75. The summed E-state index contributed by atoms with van der Waals surface area (Å²) in [5, 5.41) is 4.08. The van der Waals surface area contributed by atoms with Gasteiger partial charge in [0, 0.05) is 50.8 Å². The van der Waals surface area contributed by atoms with Gasteiger partial charge in [0.25, 0.3) is 0 Å². The lowest BCUT2D eigenvalue weighted by atomic mass is 10.1. The molecule has 1 N–H and O–H groups in total. The predicted molar refractivity (Wildman–Crippen MR) is 120 cm³/mol. The highest BCUT2D eigenvalue weighted by Gasteiger charge is 2.26. The van der Waals surface area contributed by atoms with Crippen LogP contribution >= 0.6 is 11.8 Å². The molecule has 2 aliphatic heterocycles. The molecule has 0 spiro atoms. The Kier molecular flexibility index (Phi) is 8.23. The second kappa shape index (κ2) is 10.7. The summed E-state index contributed by atoms with van der Waals surface area (Å²) in [5.74, 6) is 2.00. The summed E-state index contributed by atoms with van der Waals surface area (Å²) < 4.78 is 32.5. The predicted octanol–water partition coefficient (Wildman–Crippen LogP) is 1.75. The van der Waals surface area contributed by atoms with Crippen molar-refractivity contribution < 1.29 is 13.2 Å². The Hall–Kier alpha value is -1.29. The zero-order valence-corrected chi connectivity index (χ0v) is 19.0. The van der Waals surface area contributed by atoms with Gasteiger partial charge in [0.05, 0.1) is 19.0 Å². The van der Waals surface area contributed by atoms with Crippen LogP contribution in [-0.4, -0.2) is 81.0 Å². The zero-order chi connectivity index (χ0) is 20.7. The molecule has 7 nitrogen and oxygen atoms in total. The van der Waals surface area contributed by atoms with Gasteiger partial charge in [0.2, 0.25) is 10.0 Å². The Morgan fingerprint density at radius 2 is 1.97 bits per heavy atom. The molecule has 0 aliphatic carbocycles. The van der Waals surface area contributed by atoms with Crippen LogP contribution in [0.1, 0.15) is 24.5 Å². The fraction of sp³-hybridized carbons (Fsp3) is 0.650. The van der Waals surface area contributed by atoms with Gasteiger partial charge in [0.15, 0.2) is 5.96 Å². The molecule has 1 aromatic carbocycles. The normalized spacial score (nSPS) is 21.9. The van der Waals surface area contributed by atoms with Crippen molar-refractivity contribution in [3.05, 3.63) is 35.4 Å². The monoisotopic (exact) mass is 440 g/mol. The number of sulfonamides is 1. The van der Waals surface area contributed by atoms with E-state index in [1.807, 2.05) is 36.0 Å². The highest BCUT2D eigenvalue weighted by atomic mass is 32.2. The van der Waals surface area contributed by atoms with Gasteiger partial charge in [-0.25, -0.2) is 8.42 Å². The number of thioether (sulfide) groups is 1. The fourth-order valence-electron chi connectivity index (χ4n) is 3.65. The summed E-state index contributed by atoms with van der Waals surface area (Å²) >= 11 is 2.03. The molecule has 0 radical (unpaired) electrons. The van der Waals surface area contributed by atoms with Crippen molar-refractivity contribution in [2.75, 3.05) is 52.2 Å². The van der Waals surface area contributed by atoms with Gasteiger partial charge >= 0.3 is 0 Å². The quantitative estimate of drug-likeness (QED) is 0.537. The SMILES string of the molecule is CCC1CN(C(=NC)NCc2ccccc2CS(=O)(=O)N2CCOCC2)CCS1. The first-order valence-electron chi connectivity index (χ1n) is 10.2. The third-order valence-electron chi connectivity index (χ3n) is 5.36. The number of hydrogen-bond acceptors (Lipinski definition) is 5. The molecule has 0 aromatic heterocycles. The first-order valence-corrected chi connectivity index (χ1v) is 12.9. The van der Waals surface area contributed by atoms with E-state index in [0.717, 1.165) is 42.3 Å². The van der Waals surface area contributed by atoms with Gasteiger partial charge in [-0.3, -0.25) is 4.99 Å². The largest absolute Gasteiger partial charge is 0.379 e. The molecule has 1 aromatic rings. The van der Waals surface area contributed by atoms with E-state index in [1.165, 1.54) is 4.31 Å². The highest BCUT2D eigenvalue weighted by molar-refractivity contribution is 8.00. The number of ether oxygens (including phenoxy) is 1. The standard InChI is InChI=1S/C20H32N4O3S2/c1-3-19-15-23(10-13-28-19)20(21-2)22-14-17-6-4-5-7-18(17)16-29(25,26)24-8-11-27-12-9-24/h4-7,19H,3,8-16H2,1-2H3,(H,21,22). The van der Waals surface area contributed by atoms with Crippen molar-refractivity contribution in [1.82, 2.24) is 14.5 Å². The van der Waals surface area contributed by atoms with Crippen molar-refractivity contribution in [3.63, 3.8) is 0 Å². The average Bonchev–Trinajstić information content (AvgIpc) is 2.76. The molecule has 0 saturated carbocycles. The van der Waals surface area contributed by atoms with Crippen molar-refractivity contribution in [1.29, 1.82) is 0 Å². The molecular formula is C20H32N4O3S2. The van der Waals surface area contributed by atoms with Gasteiger partial charge in [0.1, 0.15) is 0 Å². The Bertz CT molecular complexity index is 795. The molecule has 0 amide bonds. The Morgan fingerprint density at radius 1 is 1.24 bits per heavy atom. The lowest BCUT2D eigenvalue weighted by Crippen LogP contribution is -2.47. The van der Waals surface area contributed by atoms with Crippen molar-refractivity contribution >= 4 is 27.7 Å². The molecule has 2 fully saturated rings. The van der Waals surface area contributed by atoms with Crippen LogP contribution < -0.4 is 5.32 Å². The summed E-state index contributed by atoms with van der Waals surface area (Å²) in [5.41, 5.74) is 1.83. The minimum atomic E-state index is -3.35. The summed E-state index contributed by atoms with van der Waals surface area (Å²) in [6.07, 6.45) is 1.15. The van der Waals surface area contributed by atoms with Crippen LogP contribution in [0.4, 0.5) is 0 Å². The number of nitrogens with zero attached hydrogens (tertiary/aromatic N) is 3. The van der Waals surface area contributed by atoms with E-state index in [2.05, 4.69) is 22.1 Å². The Morgan fingerprint density at radius 3 is 2.66 bits per heavy atom. The van der Waals surface area contributed by atoms with Gasteiger partial charge in [-0.1, -0.05) is 31.2 Å². The molecular weight excluding hydrogens is 408 g/mol. The van der Waals surface area contributed by atoms with E-state index in [0.29, 0.717) is 38.1 Å². The van der Waals surface area contributed by atoms with Crippen LogP contribution in [0.3, 0.4) is 0 Å². The highest BCUT2D eigenvalue weighted by Crippen LogP contribution is 2.21. The molecule has 3 rings (SSSR count). The van der Waals surface area contributed by atoms with Crippen molar-refractivity contribution in [2.45, 2.75) is 30.9 Å². The lowest BCUT2D eigenvalue weighted by Gasteiger charge is -2.34. The minimum absolute atomic E-state index is 0.0156. The average molecular weight is 441 g/mol. The van der Waals surface area contributed by atoms with Crippen LogP contribution in [0.15, 0.2) is 29.3 Å². The third kappa shape index (κ3) is 6.10. The number of nitrogens with one attached hydrogen (secondary N) is 1. The van der Waals surface area contributed by atoms with E-state index >= 15 is 0 Å². The van der Waals surface area contributed by atoms with Gasteiger partial charge in [-0.05, 0) is 17.5 Å². The maximum atomic E-state index is 12.8. The number of rotatable bonds is 6. The first kappa shape index (κ1) is 22.4.